The minimum atomic E-state index is 0.245. The van der Waals surface area contributed by atoms with Gasteiger partial charge in [-0.2, -0.15) is 5.26 Å². The number of rotatable bonds is 4. The first kappa shape index (κ1) is 13.6. The van der Waals surface area contributed by atoms with Crippen LogP contribution in [0.15, 0.2) is 53.0 Å². The molecule has 0 aliphatic heterocycles. The molecule has 0 saturated carbocycles. The third-order valence-electron chi connectivity index (χ3n) is 2.99. The Morgan fingerprint density at radius 2 is 1.74 bits per heavy atom. The van der Waals surface area contributed by atoms with Crippen molar-refractivity contribution >= 4 is 21.6 Å². The third-order valence-corrected chi connectivity index (χ3v) is 3.52. The summed E-state index contributed by atoms with van der Waals surface area (Å²) in [6.07, 6.45) is 0.461. The van der Waals surface area contributed by atoms with Gasteiger partial charge in [0, 0.05) is 16.2 Å². The lowest BCUT2D eigenvalue weighted by Gasteiger charge is -2.16. The van der Waals surface area contributed by atoms with E-state index in [0.29, 0.717) is 6.42 Å². The van der Waals surface area contributed by atoms with Crippen molar-refractivity contribution in [2.75, 3.05) is 5.32 Å². The number of nitrogens with one attached hydrogen (secondary N) is 1. The second-order valence-corrected chi connectivity index (χ2v) is 5.37. The molecule has 0 amide bonds. The number of benzene rings is 2. The molecule has 0 bridgehead atoms. The average molecular weight is 315 g/mol. The van der Waals surface area contributed by atoms with E-state index in [4.69, 9.17) is 5.26 Å². The number of nitrogens with zero attached hydrogens (tertiary/aromatic N) is 1. The highest BCUT2D eigenvalue weighted by atomic mass is 79.9. The fourth-order valence-electron chi connectivity index (χ4n) is 1.89. The summed E-state index contributed by atoms with van der Waals surface area (Å²) in [5.74, 6) is 0. The lowest BCUT2D eigenvalue weighted by molar-refractivity contribution is 0.884. The van der Waals surface area contributed by atoms with Crippen LogP contribution in [0.3, 0.4) is 0 Å². The summed E-state index contributed by atoms with van der Waals surface area (Å²) < 4.78 is 1.09. The van der Waals surface area contributed by atoms with Gasteiger partial charge in [-0.1, -0.05) is 40.2 Å². The molecular formula is C16H15BrN2. The Kier molecular flexibility index (Phi) is 4.59. The second kappa shape index (κ2) is 6.40. The first-order valence-corrected chi connectivity index (χ1v) is 6.96. The molecule has 1 atom stereocenters. The lowest BCUT2D eigenvalue weighted by atomic mass is 10.1. The molecule has 2 rings (SSSR count). The van der Waals surface area contributed by atoms with E-state index in [-0.39, 0.29) is 6.04 Å². The Labute approximate surface area is 122 Å². The maximum absolute atomic E-state index is 8.64. The SMILES string of the molecule is CC(Nc1ccc(CC#N)cc1)c1ccc(Br)cc1. The van der Waals surface area contributed by atoms with E-state index in [1.807, 2.05) is 36.4 Å². The maximum Gasteiger partial charge on any atom is 0.0669 e. The average Bonchev–Trinajstić information content (AvgIpc) is 2.42. The van der Waals surface area contributed by atoms with Crippen molar-refractivity contribution in [3.05, 3.63) is 64.1 Å². The van der Waals surface area contributed by atoms with Crippen LogP contribution in [0.2, 0.25) is 0 Å². The lowest BCUT2D eigenvalue weighted by Crippen LogP contribution is -2.06. The van der Waals surface area contributed by atoms with Crippen molar-refractivity contribution in [2.45, 2.75) is 19.4 Å². The van der Waals surface area contributed by atoms with Gasteiger partial charge in [-0.05, 0) is 42.3 Å². The third kappa shape index (κ3) is 3.84. The monoisotopic (exact) mass is 314 g/mol. The summed E-state index contributed by atoms with van der Waals surface area (Å²) in [5, 5.41) is 12.1. The molecule has 0 heterocycles. The number of anilines is 1. The molecule has 2 aromatic carbocycles. The van der Waals surface area contributed by atoms with E-state index in [0.717, 1.165) is 15.7 Å². The zero-order valence-electron chi connectivity index (χ0n) is 10.7. The highest BCUT2D eigenvalue weighted by molar-refractivity contribution is 9.10. The largest absolute Gasteiger partial charge is 0.379 e. The van der Waals surface area contributed by atoms with Gasteiger partial charge < -0.3 is 5.32 Å². The van der Waals surface area contributed by atoms with E-state index in [1.165, 1.54) is 5.56 Å². The van der Waals surface area contributed by atoms with Gasteiger partial charge in [0.05, 0.1) is 12.5 Å². The van der Waals surface area contributed by atoms with E-state index < -0.39 is 0 Å². The van der Waals surface area contributed by atoms with Crippen molar-refractivity contribution in [3.8, 4) is 6.07 Å². The van der Waals surface area contributed by atoms with Crippen LogP contribution in [0.1, 0.15) is 24.1 Å². The molecule has 0 saturated heterocycles. The molecule has 2 aromatic rings. The molecule has 1 unspecified atom stereocenters. The molecule has 1 N–H and O–H groups in total. The highest BCUT2D eigenvalue weighted by Crippen LogP contribution is 2.21. The molecule has 0 spiro atoms. The summed E-state index contributed by atoms with van der Waals surface area (Å²) in [6.45, 7) is 2.13. The van der Waals surface area contributed by atoms with Crippen LogP contribution in [-0.2, 0) is 6.42 Å². The molecular weight excluding hydrogens is 300 g/mol. The Morgan fingerprint density at radius 1 is 1.11 bits per heavy atom. The molecule has 0 aliphatic rings. The maximum atomic E-state index is 8.64. The minimum Gasteiger partial charge on any atom is -0.379 e. The van der Waals surface area contributed by atoms with Crippen LogP contribution in [0.4, 0.5) is 5.69 Å². The highest BCUT2D eigenvalue weighted by Gasteiger charge is 2.04. The molecule has 0 fully saturated rings. The summed E-state index contributed by atoms with van der Waals surface area (Å²) in [6, 6.07) is 18.7. The quantitative estimate of drug-likeness (QED) is 0.888. The number of hydrogen-bond acceptors (Lipinski definition) is 2. The van der Waals surface area contributed by atoms with Gasteiger partial charge in [0.15, 0.2) is 0 Å². The van der Waals surface area contributed by atoms with Crippen LogP contribution >= 0.6 is 15.9 Å². The van der Waals surface area contributed by atoms with Gasteiger partial charge in [0.25, 0.3) is 0 Å². The van der Waals surface area contributed by atoms with Gasteiger partial charge in [0.2, 0.25) is 0 Å². The molecule has 2 nitrogen and oxygen atoms in total. The molecule has 96 valence electrons. The van der Waals surface area contributed by atoms with Crippen LogP contribution in [0.5, 0.6) is 0 Å². The molecule has 0 aromatic heterocycles. The summed E-state index contributed by atoms with van der Waals surface area (Å²) in [4.78, 5) is 0. The Balaban J connectivity index is 2.04. The van der Waals surface area contributed by atoms with Gasteiger partial charge >= 0.3 is 0 Å². The summed E-state index contributed by atoms with van der Waals surface area (Å²) in [7, 11) is 0. The van der Waals surface area contributed by atoms with Crippen molar-refractivity contribution < 1.29 is 0 Å². The first-order chi connectivity index (χ1) is 9.19. The molecule has 0 radical (unpaired) electrons. The van der Waals surface area contributed by atoms with Crippen LogP contribution < -0.4 is 5.32 Å². The Hall–Kier alpha value is -1.79. The predicted octanol–water partition coefficient (Wildman–Crippen LogP) is 4.69. The smallest absolute Gasteiger partial charge is 0.0669 e. The predicted molar refractivity (Wildman–Crippen MR) is 81.9 cm³/mol. The van der Waals surface area contributed by atoms with Crippen LogP contribution in [0, 0.1) is 11.3 Å². The van der Waals surface area contributed by atoms with E-state index in [9.17, 15) is 0 Å². The van der Waals surface area contributed by atoms with Crippen molar-refractivity contribution in [3.63, 3.8) is 0 Å². The minimum absolute atomic E-state index is 0.245. The van der Waals surface area contributed by atoms with Crippen molar-refractivity contribution in [1.29, 1.82) is 5.26 Å². The van der Waals surface area contributed by atoms with Gasteiger partial charge in [0.1, 0.15) is 0 Å². The van der Waals surface area contributed by atoms with E-state index in [2.05, 4.69) is 46.4 Å². The fraction of sp³-hybridized carbons (Fsp3) is 0.188. The molecule has 19 heavy (non-hydrogen) atoms. The number of hydrogen-bond donors (Lipinski definition) is 1. The normalized spacial score (nSPS) is 11.6. The van der Waals surface area contributed by atoms with Crippen molar-refractivity contribution in [2.24, 2.45) is 0 Å². The second-order valence-electron chi connectivity index (χ2n) is 4.45. The van der Waals surface area contributed by atoms with Gasteiger partial charge in [-0.25, -0.2) is 0 Å². The zero-order chi connectivity index (χ0) is 13.7. The summed E-state index contributed by atoms with van der Waals surface area (Å²) >= 11 is 3.44. The standard InChI is InChI=1S/C16H15BrN2/c1-12(14-4-6-15(17)7-5-14)19-16-8-2-13(3-9-16)10-11-18/h2-9,12,19H,10H2,1H3. The fourth-order valence-corrected chi connectivity index (χ4v) is 2.16. The van der Waals surface area contributed by atoms with E-state index >= 15 is 0 Å². The number of nitriles is 1. The summed E-state index contributed by atoms with van der Waals surface area (Å²) in [5.41, 5.74) is 3.35. The van der Waals surface area contributed by atoms with Gasteiger partial charge in [-0.3, -0.25) is 0 Å². The topological polar surface area (TPSA) is 35.8 Å². The van der Waals surface area contributed by atoms with Crippen molar-refractivity contribution in [1.82, 2.24) is 0 Å². The van der Waals surface area contributed by atoms with Gasteiger partial charge in [-0.15, -0.1) is 0 Å². The first-order valence-electron chi connectivity index (χ1n) is 6.17. The Bertz CT molecular complexity index is 567. The Morgan fingerprint density at radius 3 is 2.32 bits per heavy atom. The molecule has 0 aliphatic carbocycles. The zero-order valence-corrected chi connectivity index (χ0v) is 12.3. The van der Waals surface area contributed by atoms with E-state index in [1.54, 1.807) is 0 Å². The number of halogens is 1. The van der Waals surface area contributed by atoms with Crippen LogP contribution in [-0.4, -0.2) is 0 Å². The molecule has 3 heteroatoms. The van der Waals surface area contributed by atoms with Crippen LogP contribution in [0.25, 0.3) is 0 Å².